The summed E-state index contributed by atoms with van der Waals surface area (Å²) in [6.45, 7) is 10.7. The fraction of sp³-hybridized carbons (Fsp3) is 0.619. The van der Waals surface area contributed by atoms with E-state index in [2.05, 4.69) is 0 Å². The fourth-order valence-electron chi connectivity index (χ4n) is 4.86. The van der Waals surface area contributed by atoms with E-state index in [0.717, 1.165) is 4.90 Å². The molecule has 1 aromatic rings. The molecule has 1 radical (unpaired) electrons. The maximum Gasteiger partial charge on any atom is 0.438 e. The number of hydrogen-bond acceptors (Lipinski definition) is 3. The van der Waals surface area contributed by atoms with E-state index in [-0.39, 0.29) is 28.4 Å². The molecule has 169 valence electrons. The number of hydrogen-bond donors (Lipinski definition) is 0. The number of nitriles is 1. The Morgan fingerprint density at radius 3 is 2.39 bits per heavy atom. The molecule has 0 spiro atoms. The second kappa shape index (κ2) is 7.68. The zero-order valence-corrected chi connectivity index (χ0v) is 20.1. The SMILES string of the molecule is Cc1c(N2C(=O)N3CC[C@H](C(C)(C)C)[C@@H]3[C@]2(O[Si](C)C)C(F)(F)F)ccc(C#N)c1Cl. The van der Waals surface area contributed by atoms with Gasteiger partial charge in [0.2, 0.25) is 9.04 Å². The van der Waals surface area contributed by atoms with Gasteiger partial charge in [0, 0.05) is 6.54 Å². The average molecular weight is 473 g/mol. The number of benzene rings is 1. The minimum Gasteiger partial charge on any atom is -0.386 e. The van der Waals surface area contributed by atoms with E-state index in [4.69, 9.17) is 16.0 Å². The number of halogens is 4. The van der Waals surface area contributed by atoms with Gasteiger partial charge in [0.15, 0.2) is 0 Å². The molecule has 0 saturated carbocycles. The van der Waals surface area contributed by atoms with E-state index in [9.17, 15) is 10.1 Å². The molecule has 2 saturated heterocycles. The molecule has 2 amide bonds. The average Bonchev–Trinajstić information content (AvgIpc) is 3.16. The van der Waals surface area contributed by atoms with Crippen LogP contribution in [0.25, 0.3) is 0 Å². The summed E-state index contributed by atoms with van der Waals surface area (Å²) < 4.78 is 51.0. The molecule has 0 aromatic heterocycles. The molecule has 0 aliphatic carbocycles. The van der Waals surface area contributed by atoms with Crippen LogP contribution in [0.5, 0.6) is 0 Å². The quantitative estimate of drug-likeness (QED) is 0.528. The van der Waals surface area contributed by atoms with Crippen LogP contribution in [-0.4, -0.2) is 44.5 Å². The van der Waals surface area contributed by atoms with Gasteiger partial charge in [-0.25, -0.2) is 4.79 Å². The minimum atomic E-state index is -4.86. The first-order valence-corrected chi connectivity index (χ1v) is 12.8. The van der Waals surface area contributed by atoms with Crippen molar-refractivity contribution in [3.8, 4) is 6.07 Å². The van der Waals surface area contributed by atoms with Crippen LogP contribution in [-0.2, 0) is 4.43 Å². The number of fused-ring (bicyclic) bond motifs is 1. The number of nitrogens with zero attached hydrogens (tertiary/aromatic N) is 3. The lowest BCUT2D eigenvalue weighted by atomic mass is 9.73. The zero-order chi connectivity index (χ0) is 23.5. The second-order valence-corrected chi connectivity index (χ2v) is 11.8. The molecule has 10 heteroatoms. The van der Waals surface area contributed by atoms with Crippen molar-refractivity contribution in [2.45, 2.75) is 65.2 Å². The molecule has 1 aromatic carbocycles. The Kier molecular flexibility index (Phi) is 5.92. The van der Waals surface area contributed by atoms with Crippen LogP contribution in [0, 0.1) is 29.6 Å². The minimum absolute atomic E-state index is 0.0108. The van der Waals surface area contributed by atoms with Gasteiger partial charge >= 0.3 is 12.2 Å². The van der Waals surface area contributed by atoms with Crippen LogP contribution in [0.3, 0.4) is 0 Å². The summed E-state index contributed by atoms with van der Waals surface area (Å²) in [7, 11) is -1.89. The van der Waals surface area contributed by atoms with E-state index < -0.39 is 44.3 Å². The van der Waals surface area contributed by atoms with Crippen LogP contribution in [0.2, 0.25) is 18.1 Å². The van der Waals surface area contributed by atoms with Crippen molar-refractivity contribution in [1.29, 1.82) is 5.26 Å². The first kappa shape index (κ1) is 23.9. The molecule has 5 nitrogen and oxygen atoms in total. The van der Waals surface area contributed by atoms with E-state index in [1.54, 1.807) is 13.1 Å². The van der Waals surface area contributed by atoms with E-state index in [0.29, 0.717) is 6.42 Å². The molecular weight excluding hydrogens is 447 g/mol. The smallest absolute Gasteiger partial charge is 0.386 e. The van der Waals surface area contributed by atoms with Crippen LogP contribution < -0.4 is 4.90 Å². The van der Waals surface area contributed by atoms with E-state index in [1.807, 2.05) is 26.8 Å². The van der Waals surface area contributed by atoms with Crippen molar-refractivity contribution in [2.24, 2.45) is 11.3 Å². The summed E-state index contributed by atoms with van der Waals surface area (Å²) in [5.41, 5.74) is -2.92. The molecule has 3 rings (SSSR count). The third kappa shape index (κ3) is 3.53. The molecule has 2 fully saturated rings. The molecule has 0 N–H and O–H groups in total. The lowest BCUT2D eigenvalue weighted by Gasteiger charge is -2.46. The summed E-state index contributed by atoms with van der Waals surface area (Å²) >= 11 is 6.27. The van der Waals surface area contributed by atoms with Crippen molar-refractivity contribution < 1.29 is 22.4 Å². The standard InChI is InChI=1S/C21H26ClF3N3O2Si/c1-12-15(8-7-13(11-26)16(12)22)28-18(29)27-10-9-14(19(2,3)4)17(27)20(28,21(23,24)25)30-31(5)6/h7-8,14,17H,9-10H2,1-6H3/t14-,17+,20-/m0/s1. The third-order valence-electron chi connectivity index (χ3n) is 6.17. The molecule has 31 heavy (non-hydrogen) atoms. The predicted molar refractivity (Wildman–Crippen MR) is 114 cm³/mol. The predicted octanol–water partition coefficient (Wildman–Crippen LogP) is 5.72. The summed E-state index contributed by atoms with van der Waals surface area (Å²) in [4.78, 5) is 15.5. The largest absolute Gasteiger partial charge is 0.438 e. The van der Waals surface area contributed by atoms with E-state index >= 15 is 13.2 Å². The van der Waals surface area contributed by atoms with Crippen LogP contribution >= 0.6 is 11.6 Å². The maximum atomic E-state index is 15.0. The highest BCUT2D eigenvalue weighted by Gasteiger charge is 2.76. The van der Waals surface area contributed by atoms with E-state index in [1.165, 1.54) is 24.0 Å². The fourth-order valence-corrected chi connectivity index (χ4v) is 6.01. The summed E-state index contributed by atoms with van der Waals surface area (Å²) in [5, 5.41) is 9.26. The summed E-state index contributed by atoms with van der Waals surface area (Å²) in [6.07, 6.45) is -4.39. The first-order valence-electron chi connectivity index (χ1n) is 10.0. The molecule has 2 aliphatic rings. The Labute approximate surface area is 187 Å². The summed E-state index contributed by atoms with van der Waals surface area (Å²) in [6, 6.07) is 2.68. The Morgan fingerprint density at radius 2 is 1.90 bits per heavy atom. The molecular formula is C21H26ClF3N3O2Si. The number of amides is 2. The van der Waals surface area contributed by atoms with Gasteiger partial charge in [-0.05, 0) is 55.5 Å². The van der Waals surface area contributed by atoms with Crippen LogP contribution in [0.4, 0.5) is 23.7 Å². The number of alkyl halides is 3. The van der Waals surface area contributed by atoms with Gasteiger partial charge in [-0.3, -0.25) is 4.90 Å². The van der Waals surface area contributed by atoms with Gasteiger partial charge in [0.25, 0.3) is 5.72 Å². The van der Waals surface area contributed by atoms with Gasteiger partial charge in [0.1, 0.15) is 6.07 Å². The monoisotopic (exact) mass is 472 g/mol. The summed E-state index contributed by atoms with van der Waals surface area (Å²) in [5.74, 6) is -0.418. The number of rotatable bonds is 3. The van der Waals surface area contributed by atoms with Crippen LogP contribution in [0.1, 0.15) is 38.3 Å². The lowest BCUT2D eigenvalue weighted by molar-refractivity contribution is -0.260. The van der Waals surface area contributed by atoms with Gasteiger partial charge in [-0.2, -0.15) is 18.4 Å². The highest BCUT2D eigenvalue weighted by Crippen LogP contribution is 2.56. The van der Waals surface area contributed by atoms with Gasteiger partial charge in [-0.1, -0.05) is 32.4 Å². The van der Waals surface area contributed by atoms with Crippen molar-refractivity contribution in [3.63, 3.8) is 0 Å². The number of carbonyl (C=O) groups is 1. The normalized spacial score (nSPS) is 26.6. The number of carbonyl (C=O) groups excluding carboxylic acids is 1. The van der Waals surface area contributed by atoms with Gasteiger partial charge in [0.05, 0.1) is 22.3 Å². The Balaban J connectivity index is 2.34. The molecule has 2 aliphatic heterocycles. The molecule has 3 atom stereocenters. The van der Waals surface area contributed by atoms with Crippen LogP contribution in [0.15, 0.2) is 12.1 Å². The Bertz CT molecular complexity index is 942. The zero-order valence-electron chi connectivity index (χ0n) is 18.4. The number of anilines is 1. The lowest BCUT2D eigenvalue weighted by Crippen LogP contribution is -2.67. The van der Waals surface area contributed by atoms with Gasteiger partial charge in [-0.15, -0.1) is 0 Å². The Morgan fingerprint density at radius 1 is 1.29 bits per heavy atom. The third-order valence-corrected chi connectivity index (χ3v) is 7.37. The molecule has 0 bridgehead atoms. The highest BCUT2D eigenvalue weighted by atomic mass is 35.5. The molecule has 0 unspecified atom stereocenters. The van der Waals surface area contributed by atoms with Crippen molar-refractivity contribution in [3.05, 3.63) is 28.3 Å². The topological polar surface area (TPSA) is 56.6 Å². The second-order valence-electron chi connectivity index (χ2n) is 9.40. The van der Waals surface area contributed by atoms with Gasteiger partial charge < -0.3 is 9.33 Å². The number of urea groups is 1. The Hall–Kier alpha value is -1.76. The highest BCUT2D eigenvalue weighted by molar-refractivity contribution is 6.48. The van der Waals surface area contributed by atoms with Crippen molar-refractivity contribution in [1.82, 2.24) is 4.90 Å². The molecule has 2 heterocycles. The maximum absolute atomic E-state index is 15.0. The van der Waals surface area contributed by atoms with Crippen molar-refractivity contribution >= 4 is 32.4 Å². The van der Waals surface area contributed by atoms with Crippen molar-refractivity contribution in [2.75, 3.05) is 11.4 Å². The first-order chi connectivity index (χ1) is 14.2.